The average Bonchev–Trinajstić information content (AvgIpc) is 2.51. The smallest absolute Gasteiger partial charge is 0.220 e. The van der Waals surface area contributed by atoms with Crippen LogP contribution in [-0.4, -0.2) is 25.0 Å². The first kappa shape index (κ1) is 13.5. The fourth-order valence-electron chi connectivity index (χ4n) is 2.50. The summed E-state index contributed by atoms with van der Waals surface area (Å²) in [7, 11) is 0. The van der Waals surface area contributed by atoms with Crippen molar-refractivity contribution >= 4 is 5.91 Å². The second kappa shape index (κ2) is 5.67. The van der Waals surface area contributed by atoms with Crippen molar-refractivity contribution in [2.45, 2.75) is 53.0 Å². The lowest BCUT2D eigenvalue weighted by Crippen LogP contribution is -2.37. The highest BCUT2D eigenvalue weighted by Gasteiger charge is 2.20. The maximum absolute atomic E-state index is 11.8. The van der Waals surface area contributed by atoms with E-state index in [1.54, 1.807) is 0 Å². The number of carbonyl (C=O) groups is 1. The molecule has 1 aliphatic heterocycles. The van der Waals surface area contributed by atoms with Crippen LogP contribution in [0, 0.1) is 11.3 Å². The van der Waals surface area contributed by atoms with Gasteiger partial charge in [-0.25, -0.2) is 0 Å². The lowest BCUT2D eigenvalue weighted by molar-refractivity contribution is -0.122. The fraction of sp³-hybridized carbons (Fsp3) is 0.923. The second-order valence-corrected chi connectivity index (χ2v) is 6.33. The zero-order chi connectivity index (χ0) is 12.2. The van der Waals surface area contributed by atoms with Crippen LogP contribution >= 0.6 is 0 Å². The molecule has 0 aromatic carbocycles. The van der Waals surface area contributed by atoms with Crippen molar-refractivity contribution in [1.29, 1.82) is 0 Å². The van der Waals surface area contributed by atoms with Crippen molar-refractivity contribution < 1.29 is 4.79 Å². The Morgan fingerprint density at radius 2 is 2.19 bits per heavy atom. The molecule has 0 radical (unpaired) electrons. The van der Waals surface area contributed by atoms with Crippen LogP contribution in [0.5, 0.6) is 0 Å². The predicted octanol–water partition coefficient (Wildman–Crippen LogP) is 1.93. The molecule has 0 saturated carbocycles. The molecule has 1 heterocycles. The number of hydrogen-bond donors (Lipinski definition) is 2. The van der Waals surface area contributed by atoms with Gasteiger partial charge in [0, 0.05) is 19.0 Å². The molecule has 0 bridgehead atoms. The highest BCUT2D eigenvalue weighted by atomic mass is 16.1. The third-order valence-corrected chi connectivity index (χ3v) is 2.92. The van der Waals surface area contributed by atoms with E-state index < -0.39 is 0 Å². The van der Waals surface area contributed by atoms with E-state index in [4.69, 9.17) is 0 Å². The van der Waals surface area contributed by atoms with Gasteiger partial charge in [0.25, 0.3) is 0 Å². The van der Waals surface area contributed by atoms with Crippen molar-refractivity contribution in [2.75, 3.05) is 13.1 Å². The molecule has 3 nitrogen and oxygen atoms in total. The van der Waals surface area contributed by atoms with Gasteiger partial charge in [0.05, 0.1) is 0 Å². The van der Waals surface area contributed by atoms with Gasteiger partial charge < -0.3 is 10.6 Å². The number of amides is 1. The van der Waals surface area contributed by atoms with Crippen molar-refractivity contribution in [3.05, 3.63) is 0 Å². The van der Waals surface area contributed by atoms with Gasteiger partial charge in [-0.3, -0.25) is 4.79 Å². The maximum atomic E-state index is 11.8. The van der Waals surface area contributed by atoms with Crippen molar-refractivity contribution in [3.8, 4) is 0 Å². The number of nitrogens with one attached hydrogen (secondary N) is 2. The third-order valence-electron chi connectivity index (χ3n) is 2.92. The van der Waals surface area contributed by atoms with Crippen LogP contribution in [0.4, 0.5) is 0 Å². The summed E-state index contributed by atoms with van der Waals surface area (Å²) in [5.41, 5.74) is 0.314. The Kier molecular flexibility index (Phi) is 4.78. The molecule has 1 amide bonds. The van der Waals surface area contributed by atoms with E-state index in [9.17, 15) is 4.79 Å². The van der Waals surface area contributed by atoms with E-state index >= 15 is 0 Å². The summed E-state index contributed by atoms with van der Waals surface area (Å²) < 4.78 is 0. The predicted molar refractivity (Wildman–Crippen MR) is 67.3 cm³/mol. The lowest BCUT2D eigenvalue weighted by Gasteiger charge is -2.23. The van der Waals surface area contributed by atoms with Crippen LogP contribution in [0.2, 0.25) is 0 Å². The topological polar surface area (TPSA) is 41.1 Å². The summed E-state index contributed by atoms with van der Waals surface area (Å²) in [5.74, 6) is 0.680. The van der Waals surface area contributed by atoms with Gasteiger partial charge in [-0.1, -0.05) is 27.7 Å². The van der Waals surface area contributed by atoms with Gasteiger partial charge in [0.2, 0.25) is 5.91 Å². The zero-order valence-electron chi connectivity index (χ0n) is 11.1. The first-order valence-electron chi connectivity index (χ1n) is 6.37. The standard InChI is InChI=1S/C13H26N2O/c1-10(8-13(2,3)4)7-12(16)15-11-5-6-14-9-11/h10-11,14H,5-9H2,1-4H3,(H,15,16)/t10?,11-/m1/s1. The Morgan fingerprint density at radius 1 is 1.50 bits per heavy atom. The van der Waals surface area contributed by atoms with E-state index in [1.807, 2.05) is 0 Å². The van der Waals surface area contributed by atoms with Gasteiger partial charge in [-0.2, -0.15) is 0 Å². The largest absolute Gasteiger partial charge is 0.352 e. The number of carbonyl (C=O) groups excluding carboxylic acids is 1. The minimum atomic E-state index is 0.213. The first-order chi connectivity index (χ1) is 7.37. The molecule has 0 aliphatic carbocycles. The summed E-state index contributed by atoms with van der Waals surface area (Å²) in [6.07, 6.45) is 2.83. The highest BCUT2D eigenvalue weighted by molar-refractivity contribution is 5.76. The van der Waals surface area contributed by atoms with E-state index in [0.29, 0.717) is 23.8 Å². The number of rotatable bonds is 4. The van der Waals surface area contributed by atoms with Crippen LogP contribution in [0.3, 0.4) is 0 Å². The average molecular weight is 226 g/mol. The van der Waals surface area contributed by atoms with Crippen molar-refractivity contribution in [1.82, 2.24) is 10.6 Å². The van der Waals surface area contributed by atoms with Crippen LogP contribution in [0.25, 0.3) is 0 Å². The van der Waals surface area contributed by atoms with Gasteiger partial charge in [0.1, 0.15) is 0 Å². The molecule has 2 atom stereocenters. The molecule has 1 fully saturated rings. The minimum Gasteiger partial charge on any atom is -0.352 e. The SMILES string of the molecule is CC(CC(=O)N[C@@H]1CCNC1)CC(C)(C)C. The van der Waals surface area contributed by atoms with Gasteiger partial charge in [0.15, 0.2) is 0 Å². The molecule has 3 heteroatoms. The van der Waals surface area contributed by atoms with E-state index in [-0.39, 0.29) is 5.91 Å². The Hall–Kier alpha value is -0.570. The van der Waals surface area contributed by atoms with Gasteiger partial charge in [-0.15, -0.1) is 0 Å². The molecule has 94 valence electrons. The molecular weight excluding hydrogens is 200 g/mol. The zero-order valence-corrected chi connectivity index (χ0v) is 11.1. The number of hydrogen-bond acceptors (Lipinski definition) is 2. The lowest BCUT2D eigenvalue weighted by atomic mass is 9.84. The summed E-state index contributed by atoms with van der Waals surface area (Å²) in [4.78, 5) is 11.8. The first-order valence-corrected chi connectivity index (χ1v) is 6.37. The van der Waals surface area contributed by atoms with E-state index in [2.05, 4.69) is 38.3 Å². The van der Waals surface area contributed by atoms with Crippen molar-refractivity contribution in [3.63, 3.8) is 0 Å². The fourth-order valence-corrected chi connectivity index (χ4v) is 2.50. The van der Waals surface area contributed by atoms with Crippen molar-refractivity contribution in [2.24, 2.45) is 11.3 Å². The van der Waals surface area contributed by atoms with Crippen LogP contribution in [0.1, 0.15) is 47.0 Å². The monoisotopic (exact) mass is 226 g/mol. The molecule has 1 rings (SSSR count). The summed E-state index contributed by atoms with van der Waals surface area (Å²) in [5, 5.41) is 6.35. The molecule has 1 saturated heterocycles. The molecule has 1 aliphatic rings. The van der Waals surface area contributed by atoms with Gasteiger partial charge in [-0.05, 0) is 30.7 Å². The summed E-state index contributed by atoms with van der Waals surface area (Å²) in [6, 6.07) is 0.356. The second-order valence-electron chi connectivity index (χ2n) is 6.33. The van der Waals surface area contributed by atoms with E-state index in [1.165, 1.54) is 0 Å². The quantitative estimate of drug-likeness (QED) is 0.769. The van der Waals surface area contributed by atoms with E-state index in [0.717, 1.165) is 25.9 Å². The van der Waals surface area contributed by atoms with Crippen LogP contribution in [0.15, 0.2) is 0 Å². The highest BCUT2D eigenvalue weighted by Crippen LogP contribution is 2.25. The third kappa shape index (κ3) is 5.50. The van der Waals surface area contributed by atoms with Crippen LogP contribution in [-0.2, 0) is 4.79 Å². The molecular formula is C13H26N2O. The van der Waals surface area contributed by atoms with Gasteiger partial charge >= 0.3 is 0 Å². The summed E-state index contributed by atoms with van der Waals surface area (Å²) in [6.45, 7) is 10.8. The molecule has 0 spiro atoms. The minimum absolute atomic E-state index is 0.213. The molecule has 0 aromatic heterocycles. The Bertz CT molecular complexity index is 227. The maximum Gasteiger partial charge on any atom is 0.220 e. The molecule has 16 heavy (non-hydrogen) atoms. The molecule has 1 unspecified atom stereocenters. The molecule has 2 N–H and O–H groups in total. The Labute approximate surface area is 99.4 Å². The Morgan fingerprint density at radius 3 is 2.69 bits per heavy atom. The normalized spacial score (nSPS) is 23.1. The summed E-state index contributed by atoms with van der Waals surface area (Å²) >= 11 is 0. The molecule has 0 aromatic rings. The van der Waals surface area contributed by atoms with Crippen LogP contribution < -0.4 is 10.6 Å². The Balaban J connectivity index is 2.22.